The Morgan fingerprint density at radius 2 is 1.70 bits per heavy atom. The van der Waals surface area contributed by atoms with Crippen LogP contribution in [-0.2, 0) is 19.1 Å². The molecule has 0 unspecified atom stereocenters. The Balaban J connectivity index is -0.000000218. The van der Waals surface area contributed by atoms with E-state index in [9.17, 15) is 14.4 Å². The number of carboxylic acids is 1. The molecule has 0 saturated heterocycles. The molecule has 0 heterocycles. The average Bonchev–Trinajstić information content (AvgIpc) is 2.40. The van der Waals surface area contributed by atoms with E-state index >= 15 is 0 Å². The molecule has 7 heteroatoms. The molecule has 7 nitrogen and oxygen atoms in total. The predicted molar refractivity (Wildman–Crippen MR) is 74.7 cm³/mol. The zero-order valence-corrected chi connectivity index (χ0v) is 11.7. The molecule has 0 bridgehead atoms. The molecule has 114 valence electrons. The van der Waals surface area contributed by atoms with E-state index in [0.717, 1.165) is 12.2 Å². The largest absolute Gasteiger partial charge is 0.478 e. The summed E-state index contributed by atoms with van der Waals surface area (Å²) in [5, 5.41) is 18.0. The van der Waals surface area contributed by atoms with E-state index < -0.39 is 5.97 Å². The van der Waals surface area contributed by atoms with Gasteiger partial charge in [0.05, 0.1) is 6.61 Å². The van der Waals surface area contributed by atoms with E-state index in [1.807, 2.05) is 0 Å². The van der Waals surface area contributed by atoms with Crippen molar-refractivity contribution in [1.29, 1.82) is 0 Å². The summed E-state index contributed by atoms with van der Waals surface area (Å²) < 4.78 is 4.43. The van der Waals surface area contributed by atoms with Gasteiger partial charge < -0.3 is 20.3 Å². The third kappa shape index (κ3) is 24.7. The second-order valence-corrected chi connectivity index (χ2v) is 2.94. The van der Waals surface area contributed by atoms with Gasteiger partial charge >= 0.3 is 11.9 Å². The first-order valence-corrected chi connectivity index (χ1v) is 5.45. The fraction of sp³-hybridized carbons (Fsp3) is 0.308. The second kappa shape index (κ2) is 16.6. The number of aliphatic hydroxyl groups excluding tert-OH is 1. The maximum Gasteiger partial charge on any atom is 0.330 e. The maximum atomic E-state index is 10.1. The highest BCUT2D eigenvalue weighted by Gasteiger charge is 1.90. The summed E-state index contributed by atoms with van der Waals surface area (Å²) in [5.41, 5.74) is 0.176. The van der Waals surface area contributed by atoms with Gasteiger partial charge in [0.25, 0.3) is 0 Å². The van der Waals surface area contributed by atoms with Crippen LogP contribution in [-0.4, -0.2) is 41.4 Å². The monoisotopic (exact) mass is 287 g/mol. The topological polar surface area (TPSA) is 113 Å². The number of esters is 1. The zero-order chi connectivity index (χ0) is 16.6. The molecular formula is C13H21NO6. The Kier molecular flexibility index (Phi) is 18.9. The minimum absolute atomic E-state index is 0.176. The van der Waals surface area contributed by atoms with Gasteiger partial charge in [-0.1, -0.05) is 19.7 Å². The van der Waals surface area contributed by atoms with Crippen molar-refractivity contribution in [3.05, 3.63) is 37.5 Å². The van der Waals surface area contributed by atoms with Gasteiger partial charge in [-0.15, -0.1) is 0 Å². The van der Waals surface area contributed by atoms with Crippen LogP contribution in [0.15, 0.2) is 37.5 Å². The second-order valence-electron chi connectivity index (χ2n) is 2.94. The summed E-state index contributed by atoms with van der Waals surface area (Å²) in [6.45, 7) is 12.8. The summed E-state index contributed by atoms with van der Waals surface area (Å²) in [6.07, 6.45) is 2.24. The zero-order valence-electron chi connectivity index (χ0n) is 11.7. The SMILES string of the molecule is C=C(C)C(=O)O.C=CC(=O)NCO.C=CC(=O)OCC. The highest BCUT2D eigenvalue weighted by Crippen LogP contribution is 1.81. The van der Waals surface area contributed by atoms with Crippen molar-refractivity contribution >= 4 is 17.8 Å². The Bertz CT molecular complexity index is 315. The molecule has 0 atom stereocenters. The molecule has 0 aliphatic heterocycles. The number of aliphatic carboxylic acids is 1. The van der Waals surface area contributed by atoms with Crippen LogP contribution in [0.5, 0.6) is 0 Å². The molecule has 20 heavy (non-hydrogen) atoms. The average molecular weight is 287 g/mol. The molecule has 0 spiro atoms. The van der Waals surface area contributed by atoms with Crippen LogP contribution in [0.4, 0.5) is 0 Å². The highest BCUT2D eigenvalue weighted by molar-refractivity contribution is 5.86. The van der Waals surface area contributed by atoms with Gasteiger partial charge in [0.2, 0.25) is 5.91 Å². The molecule has 0 aromatic heterocycles. The van der Waals surface area contributed by atoms with Crippen LogP contribution in [0.2, 0.25) is 0 Å². The van der Waals surface area contributed by atoms with Crippen LogP contribution >= 0.6 is 0 Å². The van der Waals surface area contributed by atoms with Crippen molar-refractivity contribution in [3.63, 3.8) is 0 Å². The molecule has 0 aliphatic rings. The molecule has 0 rings (SSSR count). The molecule has 0 fully saturated rings. The van der Waals surface area contributed by atoms with E-state index in [-0.39, 0.29) is 24.2 Å². The van der Waals surface area contributed by atoms with Gasteiger partial charge in [-0.3, -0.25) is 4.79 Å². The normalized spacial score (nSPS) is 7.55. The number of aliphatic hydroxyl groups is 1. The van der Waals surface area contributed by atoms with Crippen LogP contribution < -0.4 is 5.32 Å². The summed E-state index contributed by atoms with van der Waals surface area (Å²) >= 11 is 0. The predicted octanol–water partition coefficient (Wildman–Crippen LogP) is 0.621. The van der Waals surface area contributed by atoms with Crippen LogP contribution in [0.25, 0.3) is 0 Å². The molecule has 0 aromatic carbocycles. The maximum absolute atomic E-state index is 10.1. The minimum Gasteiger partial charge on any atom is -0.478 e. The summed E-state index contributed by atoms with van der Waals surface area (Å²) in [4.78, 5) is 29.7. The van der Waals surface area contributed by atoms with Crippen LogP contribution in [0.3, 0.4) is 0 Å². The molecule has 0 aliphatic carbocycles. The number of hydrogen-bond donors (Lipinski definition) is 3. The van der Waals surface area contributed by atoms with Gasteiger partial charge in [0.15, 0.2) is 0 Å². The van der Waals surface area contributed by atoms with Crippen LogP contribution in [0, 0.1) is 0 Å². The number of carboxylic acid groups (broad SMARTS) is 1. The number of amides is 1. The highest BCUT2D eigenvalue weighted by atomic mass is 16.5. The van der Waals surface area contributed by atoms with E-state index in [1.165, 1.54) is 6.92 Å². The molecule has 1 amide bonds. The summed E-state index contributed by atoms with van der Waals surface area (Å²) in [5.74, 6) is -1.65. The fourth-order valence-corrected chi connectivity index (χ4v) is 0.351. The van der Waals surface area contributed by atoms with E-state index in [2.05, 4.69) is 29.8 Å². The van der Waals surface area contributed by atoms with Crippen molar-refractivity contribution in [3.8, 4) is 0 Å². The number of nitrogens with one attached hydrogen (secondary N) is 1. The lowest BCUT2D eigenvalue weighted by molar-refractivity contribution is -0.137. The molecule has 0 radical (unpaired) electrons. The van der Waals surface area contributed by atoms with Gasteiger partial charge in [-0.25, -0.2) is 9.59 Å². The number of carbonyl (C=O) groups is 3. The molecular weight excluding hydrogens is 266 g/mol. The Morgan fingerprint density at radius 1 is 1.25 bits per heavy atom. The Hall–Kier alpha value is -2.41. The molecule has 0 aromatic rings. The number of rotatable bonds is 5. The first-order chi connectivity index (χ1) is 9.26. The van der Waals surface area contributed by atoms with Crippen molar-refractivity contribution in [1.82, 2.24) is 5.32 Å². The summed E-state index contributed by atoms with van der Waals surface area (Å²) in [7, 11) is 0. The van der Waals surface area contributed by atoms with E-state index in [1.54, 1.807) is 6.92 Å². The first kappa shape index (κ1) is 22.7. The standard InChI is InChI=1S/C5H8O2.C4H7NO2.C4H6O2/c1-3-5(6)7-4-2;1-2-4(7)5-3-6;1-3(2)4(5)6/h3H,1,4H2,2H3;2,6H,1,3H2,(H,5,7);1H2,2H3,(H,5,6). The fourth-order valence-electron chi connectivity index (χ4n) is 0.351. The lowest BCUT2D eigenvalue weighted by Gasteiger charge is -1.90. The molecule has 3 N–H and O–H groups in total. The van der Waals surface area contributed by atoms with Gasteiger partial charge in [-0.2, -0.15) is 0 Å². The smallest absolute Gasteiger partial charge is 0.330 e. The third-order valence-corrected chi connectivity index (χ3v) is 1.26. The van der Waals surface area contributed by atoms with Crippen LogP contribution in [0.1, 0.15) is 13.8 Å². The van der Waals surface area contributed by atoms with Crippen molar-refractivity contribution in [2.75, 3.05) is 13.3 Å². The Morgan fingerprint density at radius 3 is 1.80 bits per heavy atom. The number of hydrogen-bond acceptors (Lipinski definition) is 5. The first-order valence-electron chi connectivity index (χ1n) is 5.45. The minimum atomic E-state index is -0.935. The van der Waals surface area contributed by atoms with Gasteiger partial charge in [-0.05, 0) is 19.9 Å². The Labute approximate surface area is 118 Å². The van der Waals surface area contributed by atoms with Crippen molar-refractivity contribution in [2.45, 2.75) is 13.8 Å². The molecule has 0 saturated carbocycles. The lowest BCUT2D eigenvalue weighted by atomic mass is 10.4. The van der Waals surface area contributed by atoms with Crippen molar-refractivity contribution in [2.24, 2.45) is 0 Å². The number of ether oxygens (including phenoxy) is 1. The van der Waals surface area contributed by atoms with Crippen molar-refractivity contribution < 1.29 is 29.3 Å². The van der Waals surface area contributed by atoms with Gasteiger partial charge in [0, 0.05) is 11.6 Å². The van der Waals surface area contributed by atoms with E-state index in [0.29, 0.717) is 6.61 Å². The summed E-state index contributed by atoms with van der Waals surface area (Å²) in [6, 6.07) is 0. The third-order valence-electron chi connectivity index (χ3n) is 1.26. The van der Waals surface area contributed by atoms with E-state index in [4.69, 9.17) is 10.2 Å². The lowest BCUT2D eigenvalue weighted by Crippen LogP contribution is -2.20. The quantitative estimate of drug-likeness (QED) is 0.388. The number of carbonyl (C=O) groups excluding carboxylic acids is 2. The van der Waals surface area contributed by atoms with Gasteiger partial charge in [0.1, 0.15) is 6.73 Å².